The van der Waals surface area contributed by atoms with Gasteiger partial charge in [0, 0.05) is 17.6 Å². The van der Waals surface area contributed by atoms with Gasteiger partial charge in [0.05, 0.1) is 29.6 Å². The summed E-state index contributed by atoms with van der Waals surface area (Å²) in [6.45, 7) is 6.02. The lowest BCUT2D eigenvalue weighted by Crippen LogP contribution is -2.14. The number of rotatable bonds is 6. The summed E-state index contributed by atoms with van der Waals surface area (Å²) < 4.78 is 4.98. The van der Waals surface area contributed by atoms with E-state index in [-0.39, 0.29) is 11.9 Å². The molecule has 0 fully saturated rings. The molecule has 148 valence electrons. The van der Waals surface area contributed by atoms with E-state index in [2.05, 4.69) is 15.6 Å². The van der Waals surface area contributed by atoms with Crippen molar-refractivity contribution in [3.8, 4) is 0 Å². The van der Waals surface area contributed by atoms with Crippen LogP contribution in [0, 0.1) is 13.8 Å². The molecule has 1 heterocycles. The Kier molecular flexibility index (Phi) is 6.24. The summed E-state index contributed by atoms with van der Waals surface area (Å²) in [4.78, 5) is 28.6. The van der Waals surface area contributed by atoms with Crippen LogP contribution in [0.15, 0.2) is 60.9 Å². The first kappa shape index (κ1) is 20.1. The van der Waals surface area contributed by atoms with Gasteiger partial charge in [-0.2, -0.15) is 0 Å². The zero-order valence-electron chi connectivity index (χ0n) is 16.7. The predicted octanol–water partition coefficient (Wildman–Crippen LogP) is 4.87. The number of aromatic nitrogens is 1. The number of hydrogen-bond donors (Lipinski definition) is 2. The molecule has 0 bridgehead atoms. The van der Waals surface area contributed by atoms with Crippen molar-refractivity contribution in [1.29, 1.82) is 0 Å². The molecule has 0 aliphatic carbocycles. The third-order valence-corrected chi connectivity index (χ3v) is 4.40. The number of nitrogens with zero attached hydrogens (tertiary/aromatic N) is 1. The maximum Gasteiger partial charge on any atom is 0.338 e. The van der Waals surface area contributed by atoms with Crippen LogP contribution in [0.4, 0.5) is 17.1 Å². The summed E-state index contributed by atoms with van der Waals surface area (Å²) in [6, 6.07) is 14.5. The topological polar surface area (TPSA) is 80.3 Å². The van der Waals surface area contributed by atoms with Crippen LogP contribution in [0.25, 0.3) is 0 Å². The molecular weight excluding hydrogens is 366 g/mol. The van der Waals surface area contributed by atoms with Crippen LogP contribution in [0.2, 0.25) is 0 Å². The highest BCUT2D eigenvalue weighted by Gasteiger charge is 2.11. The lowest BCUT2D eigenvalue weighted by atomic mass is 10.1. The van der Waals surface area contributed by atoms with Gasteiger partial charge in [0.15, 0.2) is 0 Å². The van der Waals surface area contributed by atoms with Gasteiger partial charge in [-0.3, -0.25) is 9.78 Å². The fourth-order valence-corrected chi connectivity index (χ4v) is 2.90. The quantitative estimate of drug-likeness (QED) is 0.588. The molecule has 0 radical (unpaired) electrons. The Balaban J connectivity index is 1.72. The SMILES string of the molecule is CCOC(=O)c1ccc(Nc2cncc(C(=O)Nc3c(C)cccc3C)c2)cc1. The second kappa shape index (κ2) is 9.01. The molecule has 1 amide bonds. The van der Waals surface area contributed by atoms with Gasteiger partial charge in [-0.05, 0) is 62.2 Å². The van der Waals surface area contributed by atoms with Crippen LogP contribution in [0.1, 0.15) is 38.8 Å². The minimum Gasteiger partial charge on any atom is -0.462 e. The third kappa shape index (κ3) is 4.99. The molecule has 0 aliphatic heterocycles. The standard InChI is InChI=1S/C23H23N3O3/c1-4-29-23(28)17-8-10-19(11-9-17)25-20-12-18(13-24-14-20)22(27)26-21-15(2)6-5-7-16(21)3/h5-14,25H,4H2,1-3H3,(H,26,27). The van der Waals surface area contributed by atoms with Gasteiger partial charge < -0.3 is 15.4 Å². The molecule has 0 saturated heterocycles. The van der Waals surface area contributed by atoms with Crippen LogP contribution in [-0.2, 0) is 4.74 Å². The fraction of sp³-hybridized carbons (Fsp3) is 0.174. The van der Waals surface area contributed by atoms with Gasteiger partial charge in [0.25, 0.3) is 5.91 Å². The molecule has 6 nitrogen and oxygen atoms in total. The number of nitrogens with one attached hydrogen (secondary N) is 2. The highest BCUT2D eigenvalue weighted by molar-refractivity contribution is 6.05. The van der Waals surface area contributed by atoms with Gasteiger partial charge in [-0.25, -0.2) is 4.79 Å². The second-order valence-electron chi connectivity index (χ2n) is 6.61. The molecule has 6 heteroatoms. The summed E-state index contributed by atoms with van der Waals surface area (Å²) in [5.74, 6) is -0.581. The summed E-state index contributed by atoms with van der Waals surface area (Å²) in [7, 11) is 0. The Morgan fingerprint density at radius 1 is 0.931 bits per heavy atom. The van der Waals surface area contributed by atoms with E-state index in [4.69, 9.17) is 4.74 Å². The number of esters is 1. The zero-order chi connectivity index (χ0) is 20.8. The number of amides is 1. The van der Waals surface area contributed by atoms with Crippen molar-refractivity contribution in [2.45, 2.75) is 20.8 Å². The number of pyridine rings is 1. The van der Waals surface area contributed by atoms with Crippen LogP contribution < -0.4 is 10.6 Å². The average Bonchev–Trinajstić information content (AvgIpc) is 2.71. The van der Waals surface area contributed by atoms with E-state index in [1.54, 1.807) is 43.5 Å². The van der Waals surface area contributed by atoms with E-state index in [1.807, 2.05) is 32.0 Å². The Morgan fingerprint density at radius 2 is 1.62 bits per heavy atom. The smallest absolute Gasteiger partial charge is 0.338 e. The van der Waals surface area contributed by atoms with E-state index in [0.717, 1.165) is 22.5 Å². The lowest BCUT2D eigenvalue weighted by molar-refractivity contribution is 0.0526. The van der Waals surface area contributed by atoms with E-state index in [1.165, 1.54) is 6.20 Å². The largest absolute Gasteiger partial charge is 0.462 e. The average molecular weight is 389 g/mol. The molecule has 3 rings (SSSR count). The highest BCUT2D eigenvalue weighted by Crippen LogP contribution is 2.22. The number of benzene rings is 2. The Labute approximate surface area is 169 Å². The molecule has 0 spiro atoms. The molecule has 1 aromatic heterocycles. The van der Waals surface area contributed by atoms with Crippen molar-refractivity contribution in [3.05, 3.63) is 83.2 Å². The van der Waals surface area contributed by atoms with Crippen LogP contribution in [0.3, 0.4) is 0 Å². The highest BCUT2D eigenvalue weighted by atomic mass is 16.5. The van der Waals surface area contributed by atoms with E-state index >= 15 is 0 Å². The molecular formula is C23H23N3O3. The number of ether oxygens (including phenoxy) is 1. The molecule has 2 N–H and O–H groups in total. The first-order valence-electron chi connectivity index (χ1n) is 9.34. The van der Waals surface area contributed by atoms with Crippen molar-refractivity contribution >= 4 is 28.9 Å². The van der Waals surface area contributed by atoms with Gasteiger partial charge in [-0.1, -0.05) is 18.2 Å². The summed E-state index contributed by atoms with van der Waals surface area (Å²) in [6.07, 6.45) is 3.16. The molecule has 2 aromatic carbocycles. The van der Waals surface area contributed by atoms with Crippen molar-refractivity contribution in [2.75, 3.05) is 17.2 Å². The summed E-state index contributed by atoms with van der Waals surface area (Å²) in [5.41, 5.74) is 5.18. The van der Waals surface area contributed by atoms with Crippen LogP contribution in [0.5, 0.6) is 0 Å². The number of hydrogen-bond acceptors (Lipinski definition) is 5. The number of para-hydroxylation sites is 1. The molecule has 0 saturated carbocycles. The maximum absolute atomic E-state index is 12.7. The predicted molar refractivity (Wildman–Crippen MR) is 114 cm³/mol. The molecule has 0 atom stereocenters. The Hall–Kier alpha value is -3.67. The molecule has 29 heavy (non-hydrogen) atoms. The van der Waals surface area contributed by atoms with Crippen LogP contribution >= 0.6 is 0 Å². The second-order valence-corrected chi connectivity index (χ2v) is 6.61. The van der Waals surface area contributed by atoms with Crippen molar-refractivity contribution in [3.63, 3.8) is 0 Å². The van der Waals surface area contributed by atoms with Crippen molar-refractivity contribution in [2.24, 2.45) is 0 Å². The number of anilines is 3. The molecule has 0 aliphatic rings. The minimum absolute atomic E-state index is 0.226. The fourth-order valence-electron chi connectivity index (χ4n) is 2.90. The summed E-state index contributed by atoms with van der Waals surface area (Å²) >= 11 is 0. The van der Waals surface area contributed by atoms with Gasteiger partial charge in [-0.15, -0.1) is 0 Å². The van der Waals surface area contributed by atoms with Gasteiger partial charge >= 0.3 is 5.97 Å². The monoisotopic (exact) mass is 389 g/mol. The third-order valence-electron chi connectivity index (χ3n) is 4.40. The molecule has 0 unspecified atom stereocenters. The van der Waals surface area contributed by atoms with Crippen molar-refractivity contribution < 1.29 is 14.3 Å². The number of carbonyl (C=O) groups excluding carboxylic acids is 2. The van der Waals surface area contributed by atoms with E-state index in [0.29, 0.717) is 23.4 Å². The number of carbonyl (C=O) groups is 2. The van der Waals surface area contributed by atoms with E-state index in [9.17, 15) is 9.59 Å². The summed E-state index contributed by atoms with van der Waals surface area (Å²) in [5, 5.41) is 6.15. The lowest BCUT2D eigenvalue weighted by Gasteiger charge is -2.12. The first-order valence-corrected chi connectivity index (χ1v) is 9.34. The molecule has 3 aromatic rings. The maximum atomic E-state index is 12.7. The van der Waals surface area contributed by atoms with Gasteiger partial charge in [0.1, 0.15) is 0 Å². The number of aryl methyl sites for hydroxylation is 2. The normalized spacial score (nSPS) is 10.3. The minimum atomic E-state index is -0.356. The zero-order valence-corrected chi connectivity index (χ0v) is 16.7. The van der Waals surface area contributed by atoms with E-state index < -0.39 is 0 Å². The van der Waals surface area contributed by atoms with Gasteiger partial charge in [0.2, 0.25) is 0 Å². The van der Waals surface area contributed by atoms with Crippen LogP contribution in [-0.4, -0.2) is 23.5 Å². The van der Waals surface area contributed by atoms with Crippen molar-refractivity contribution in [1.82, 2.24) is 4.98 Å². The Bertz CT molecular complexity index is 1010. The first-order chi connectivity index (χ1) is 14.0. The Morgan fingerprint density at radius 3 is 2.28 bits per heavy atom.